The summed E-state index contributed by atoms with van der Waals surface area (Å²) >= 11 is 0. The number of hydrogen-bond acceptors (Lipinski definition) is 3. The van der Waals surface area contributed by atoms with Gasteiger partial charge in [0.2, 0.25) is 0 Å². The van der Waals surface area contributed by atoms with E-state index in [2.05, 4.69) is 9.98 Å². The number of allylic oxidation sites excluding steroid dienone is 3. The van der Waals surface area contributed by atoms with Gasteiger partial charge >= 0.3 is 0 Å². The maximum absolute atomic E-state index is 13.3. The van der Waals surface area contributed by atoms with Crippen LogP contribution in [0.4, 0.5) is 8.78 Å². The summed E-state index contributed by atoms with van der Waals surface area (Å²) in [5, 5.41) is 0.828. The average Bonchev–Trinajstić information content (AvgIpc) is 2.95. The molecule has 0 bridgehead atoms. The number of halogens is 2. The monoisotopic (exact) mass is 370 g/mol. The lowest BCUT2D eigenvalue weighted by Gasteiger charge is -2.31. The van der Waals surface area contributed by atoms with Crippen LogP contribution in [0.25, 0.3) is 16.7 Å². The van der Waals surface area contributed by atoms with E-state index in [4.69, 9.17) is 0 Å². The maximum Gasteiger partial charge on any atom is 0.255 e. The summed E-state index contributed by atoms with van der Waals surface area (Å²) in [6.45, 7) is 2.19. The van der Waals surface area contributed by atoms with Gasteiger partial charge in [-0.25, -0.2) is 13.8 Å². The number of rotatable bonds is 2. The van der Waals surface area contributed by atoms with Gasteiger partial charge in [0.15, 0.2) is 0 Å². The molecular weight excluding hydrogens is 350 g/mol. The molecule has 4 heterocycles. The van der Waals surface area contributed by atoms with E-state index in [1.807, 2.05) is 29.8 Å². The number of pyridine rings is 1. The van der Waals surface area contributed by atoms with Crippen molar-refractivity contribution in [2.45, 2.75) is 32.1 Å². The van der Waals surface area contributed by atoms with Crippen LogP contribution in [-0.2, 0) is 0 Å². The van der Waals surface area contributed by atoms with Gasteiger partial charge in [0.05, 0.1) is 17.5 Å². The zero-order valence-corrected chi connectivity index (χ0v) is 15.0. The fraction of sp³-hybridized carbons (Fsp3) is 0.350. The molecule has 4 rings (SSSR count). The van der Waals surface area contributed by atoms with E-state index in [1.54, 1.807) is 18.5 Å². The Kier molecular flexibility index (Phi) is 4.37. The molecule has 0 N–H and O–H groups in total. The fourth-order valence-corrected chi connectivity index (χ4v) is 3.44. The van der Waals surface area contributed by atoms with E-state index in [-0.39, 0.29) is 31.8 Å². The molecule has 0 aliphatic carbocycles. The number of piperidine rings is 1. The first-order valence-electron chi connectivity index (χ1n) is 8.97. The van der Waals surface area contributed by atoms with Gasteiger partial charge in [0, 0.05) is 49.9 Å². The number of aliphatic imine (C=N–C) groups is 1. The van der Waals surface area contributed by atoms with E-state index >= 15 is 0 Å². The number of aromatic nitrogens is 2. The van der Waals surface area contributed by atoms with Crippen LogP contribution in [0.3, 0.4) is 0 Å². The molecule has 2 aliphatic rings. The Morgan fingerprint density at radius 1 is 1.26 bits per heavy atom. The smallest absolute Gasteiger partial charge is 0.255 e. The van der Waals surface area contributed by atoms with Gasteiger partial charge in [-0.05, 0) is 31.1 Å². The molecule has 2 aliphatic heterocycles. The highest BCUT2D eigenvalue weighted by Gasteiger charge is 2.35. The number of carbonyl (C=O) groups excluding carboxylic acids is 1. The Bertz CT molecular complexity index is 977. The van der Waals surface area contributed by atoms with Crippen LogP contribution in [0, 0.1) is 0 Å². The molecule has 5 nitrogen and oxygen atoms in total. The zero-order chi connectivity index (χ0) is 19.0. The Hall–Kier alpha value is -2.83. The molecule has 1 amide bonds. The predicted molar refractivity (Wildman–Crippen MR) is 101 cm³/mol. The molecule has 1 saturated heterocycles. The summed E-state index contributed by atoms with van der Waals surface area (Å²) < 4.78 is 28.6. The Labute approximate surface area is 155 Å². The molecule has 0 atom stereocenters. The second kappa shape index (κ2) is 6.72. The first-order chi connectivity index (χ1) is 12.9. The second-order valence-electron chi connectivity index (χ2n) is 7.00. The Balaban J connectivity index is 1.62. The second-order valence-corrected chi connectivity index (χ2v) is 7.00. The van der Waals surface area contributed by atoms with Gasteiger partial charge in [-0.1, -0.05) is 6.08 Å². The third-order valence-corrected chi connectivity index (χ3v) is 5.06. The standard InChI is InChI=1S/C20H20F2N4O/c1-14-3-2-7-23-13-17(14)26-8-4-15-11-16(12-24-18(15)26)19(27)25-9-5-20(21,22)6-10-25/h2,4,7-8,11-13H,3,5-6,9-10H2,1H3. The van der Waals surface area contributed by atoms with Crippen LogP contribution >= 0.6 is 0 Å². The lowest BCUT2D eigenvalue weighted by Crippen LogP contribution is -2.42. The van der Waals surface area contributed by atoms with Crippen molar-refractivity contribution in [3.05, 3.63) is 47.9 Å². The van der Waals surface area contributed by atoms with E-state index < -0.39 is 5.92 Å². The van der Waals surface area contributed by atoms with E-state index in [0.29, 0.717) is 5.56 Å². The summed E-state index contributed by atoms with van der Waals surface area (Å²) in [5.74, 6) is -2.92. The van der Waals surface area contributed by atoms with Crippen molar-refractivity contribution >= 4 is 28.9 Å². The molecule has 7 heteroatoms. The van der Waals surface area contributed by atoms with E-state index in [9.17, 15) is 13.6 Å². The van der Waals surface area contributed by atoms with Crippen LogP contribution in [-0.4, -0.2) is 45.6 Å². The number of fused-ring (bicyclic) bond motifs is 1. The van der Waals surface area contributed by atoms with Crippen molar-refractivity contribution in [1.29, 1.82) is 0 Å². The minimum atomic E-state index is -2.67. The maximum atomic E-state index is 13.3. The third-order valence-electron chi connectivity index (χ3n) is 5.06. The summed E-state index contributed by atoms with van der Waals surface area (Å²) in [4.78, 5) is 22.9. The highest BCUT2D eigenvalue weighted by Crippen LogP contribution is 2.29. The highest BCUT2D eigenvalue weighted by atomic mass is 19.3. The van der Waals surface area contributed by atoms with Crippen molar-refractivity contribution in [3.8, 4) is 0 Å². The van der Waals surface area contributed by atoms with Crippen LogP contribution < -0.4 is 0 Å². The molecule has 0 spiro atoms. The third kappa shape index (κ3) is 3.41. The first kappa shape index (κ1) is 17.6. The Morgan fingerprint density at radius 2 is 2.04 bits per heavy atom. The van der Waals surface area contributed by atoms with Crippen molar-refractivity contribution in [3.63, 3.8) is 0 Å². The number of carbonyl (C=O) groups is 1. The normalized spacial score (nSPS) is 19.6. The summed E-state index contributed by atoms with van der Waals surface area (Å²) in [7, 11) is 0. The van der Waals surface area contributed by atoms with Gasteiger partial charge < -0.3 is 4.90 Å². The lowest BCUT2D eigenvalue weighted by molar-refractivity contribution is -0.0494. The molecule has 2 aromatic rings. The van der Waals surface area contributed by atoms with Crippen molar-refractivity contribution < 1.29 is 13.6 Å². The van der Waals surface area contributed by atoms with Crippen LogP contribution in [0.15, 0.2) is 47.4 Å². The molecule has 0 radical (unpaired) electrons. The molecule has 0 unspecified atom stereocenters. The first-order valence-corrected chi connectivity index (χ1v) is 8.97. The number of alkyl halides is 2. The average molecular weight is 370 g/mol. The topological polar surface area (TPSA) is 50.5 Å². The molecule has 140 valence electrons. The minimum Gasteiger partial charge on any atom is -0.338 e. The van der Waals surface area contributed by atoms with Gasteiger partial charge in [-0.2, -0.15) is 0 Å². The highest BCUT2D eigenvalue weighted by molar-refractivity contribution is 6.07. The van der Waals surface area contributed by atoms with E-state index in [1.165, 1.54) is 16.7 Å². The van der Waals surface area contributed by atoms with Crippen LogP contribution in [0.2, 0.25) is 0 Å². The number of likely N-dealkylation sites (tertiary alicyclic amines) is 1. The summed E-state index contributed by atoms with van der Waals surface area (Å²) in [6, 6.07) is 3.67. The van der Waals surface area contributed by atoms with Crippen molar-refractivity contribution in [2.24, 2.45) is 4.99 Å². The van der Waals surface area contributed by atoms with Gasteiger partial charge in [0.1, 0.15) is 5.65 Å². The molecule has 2 aromatic heterocycles. The molecule has 27 heavy (non-hydrogen) atoms. The van der Waals surface area contributed by atoms with Crippen LogP contribution in [0.1, 0.15) is 36.5 Å². The molecular formula is C20H20F2N4O. The number of nitrogens with zero attached hydrogens (tertiary/aromatic N) is 4. The molecule has 1 fully saturated rings. The quantitative estimate of drug-likeness (QED) is 0.798. The zero-order valence-electron chi connectivity index (χ0n) is 15.0. The number of amides is 1. The summed E-state index contributed by atoms with van der Waals surface area (Å²) in [6.07, 6.45) is 9.24. The molecule has 0 saturated carbocycles. The van der Waals surface area contributed by atoms with Crippen molar-refractivity contribution in [2.75, 3.05) is 13.1 Å². The minimum absolute atomic E-state index is 0.0699. The summed E-state index contributed by atoms with van der Waals surface area (Å²) in [5.41, 5.74) is 3.29. The lowest BCUT2D eigenvalue weighted by atomic mass is 10.1. The van der Waals surface area contributed by atoms with Gasteiger partial charge in [0.25, 0.3) is 11.8 Å². The predicted octanol–water partition coefficient (Wildman–Crippen LogP) is 4.13. The van der Waals surface area contributed by atoms with Crippen molar-refractivity contribution in [1.82, 2.24) is 14.5 Å². The SMILES string of the molecule is CC1=C(n2ccc3cc(C(=O)N4CCC(F)(F)CC4)cnc32)C=NC=CC1. The van der Waals surface area contributed by atoms with Gasteiger partial charge in [-0.3, -0.25) is 14.4 Å². The van der Waals surface area contributed by atoms with Crippen LogP contribution in [0.5, 0.6) is 0 Å². The Morgan fingerprint density at radius 3 is 2.81 bits per heavy atom. The van der Waals surface area contributed by atoms with E-state index in [0.717, 1.165) is 23.2 Å². The van der Waals surface area contributed by atoms with Gasteiger partial charge in [-0.15, -0.1) is 0 Å². The number of hydrogen-bond donors (Lipinski definition) is 0. The fourth-order valence-electron chi connectivity index (χ4n) is 3.44. The largest absolute Gasteiger partial charge is 0.338 e. The molecule has 0 aromatic carbocycles.